The maximum absolute atomic E-state index is 12.0. The van der Waals surface area contributed by atoms with Crippen molar-refractivity contribution in [3.8, 4) is 0 Å². The molecule has 0 unspecified atom stereocenters. The second-order valence-electron chi connectivity index (χ2n) is 4.29. The van der Waals surface area contributed by atoms with Crippen LogP contribution in [0, 0.1) is 0 Å². The second-order valence-corrected chi connectivity index (χ2v) is 5.17. The average Bonchev–Trinajstić information content (AvgIpc) is 2.98. The summed E-state index contributed by atoms with van der Waals surface area (Å²) in [6.07, 6.45) is 1.57. The van der Waals surface area contributed by atoms with Crippen LogP contribution in [0.2, 0.25) is 0 Å². The van der Waals surface area contributed by atoms with E-state index in [9.17, 15) is 9.90 Å². The molecule has 0 saturated heterocycles. The molecule has 0 spiro atoms. The van der Waals surface area contributed by atoms with Gasteiger partial charge < -0.3 is 10.4 Å². The SMILES string of the molecule is O=C(N[C@H]1c2ccccc2C[C@H]1O)c1cncs1. The molecule has 2 aromatic rings. The molecule has 0 aliphatic heterocycles. The van der Waals surface area contributed by atoms with Gasteiger partial charge in [-0.15, -0.1) is 11.3 Å². The number of hydrogen-bond donors (Lipinski definition) is 2. The summed E-state index contributed by atoms with van der Waals surface area (Å²) < 4.78 is 0. The smallest absolute Gasteiger partial charge is 0.263 e. The van der Waals surface area contributed by atoms with E-state index in [1.807, 2.05) is 24.3 Å². The first-order valence-electron chi connectivity index (χ1n) is 5.71. The van der Waals surface area contributed by atoms with Crippen LogP contribution in [0.25, 0.3) is 0 Å². The minimum atomic E-state index is -0.556. The van der Waals surface area contributed by atoms with Gasteiger partial charge in [0.15, 0.2) is 0 Å². The van der Waals surface area contributed by atoms with Crippen molar-refractivity contribution in [1.29, 1.82) is 0 Å². The summed E-state index contributed by atoms with van der Waals surface area (Å²) in [4.78, 5) is 16.4. The monoisotopic (exact) mass is 260 g/mol. The van der Waals surface area contributed by atoms with Gasteiger partial charge in [0.2, 0.25) is 0 Å². The molecule has 1 aromatic carbocycles. The van der Waals surface area contributed by atoms with E-state index in [0.717, 1.165) is 11.1 Å². The molecule has 0 fully saturated rings. The fourth-order valence-electron chi connectivity index (χ4n) is 2.29. The highest BCUT2D eigenvalue weighted by molar-refractivity contribution is 7.11. The lowest BCUT2D eigenvalue weighted by molar-refractivity contribution is 0.0862. The standard InChI is InChI=1S/C13H12N2O2S/c16-10-5-8-3-1-2-4-9(8)12(10)15-13(17)11-6-14-7-18-11/h1-4,6-7,10,12,16H,5H2,(H,15,17)/t10-,12+/m1/s1. The molecular formula is C13H12N2O2S. The minimum Gasteiger partial charge on any atom is -0.390 e. The summed E-state index contributed by atoms with van der Waals surface area (Å²) in [5, 5.41) is 12.9. The van der Waals surface area contributed by atoms with Crippen molar-refractivity contribution in [3.63, 3.8) is 0 Å². The van der Waals surface area contributed by atoms with E-state index in [-0.39, 0.29) is 11.9 Å². The van der Waals surface area contributed by atoms with Crippen LogP contribution in [-0.2, 0) is 6.42 Å². The van der Waals surface area contributed by atoms with Crippen LogP contribution in [0.5, 0.6) is 0 Å². The third-order valence-electron chi connectivity index (χ3n) is 3.15. The topological polar surface area (TPSA) is 62.2 Å². The third kappa shape index (κ3) is 1.91. The van der Waals surface area contributed by atoms with Gasteiger partial charge in [-0.25, -0.2) is 0 Å². The van der Waals surface area contributed by atoms with Gasteiger partial charge in [-0.3, -0.25) is 9.78 Å². The summed E-state index contributed by atoms with van der Waals surface area (Å²) in [6, 6.07) is 7.47. The number of aliphatic hydroxyl groups is 1. The number of hydrogen-bond acceptors (Lipinski definition) is 4. The Balaban J connectivity index is 1.83. The number of nitrogens with one attached hydrogen (secondary N) is 1. The van der Waals surface area contributed by atoms with Crippen molar-refractivity contribution in [2.45, 2.75) is 18.6 Å². The number of aromatic nitrogens is 1. The molecule has 92 valence electrons. The highest BCUT2D eigenvalue weighted by Crippen LogP contribution is 2.31. The summed E-state index contributed by atoms with van der Waals surface area (Å²) in [5.74, 6) is -0.182. The molecule has 2 atom stereocenters. The summed E-state index contributed by atoms with van der Waals surface area (Å²) in [6.45, 7) is 0. The van der Waals surface area contributed by atoms with Crippen molar-refractivity contribution >= 4 is 17.2 Å². The molecule has 1 amide bonds. The average molecular weight is 260 g/mol. The van der Waals surface area contributed by atoms with Gasteiger partial charge in [-0.2, -0.15) is 0 Å². The van der Waals surface area contributed by atoms with Gasteiger partial charge in [-0.1, -0.05) is 24.3 Å². The highest BCUT2D eigenvalue weighted by atomic mass is 32.1. The van der Waals surface area contributed by atoms with Crippen LogP contribution in [0.3, 0.4) is 0 Å². The lowest BCUT2D eigenvalue weighted by Crippen LogP contribution is -2.33. The van der Waals surface area contributed by atoms with Crippen molar-refractivity contribution in [3.05, 3.63) is 52.0 Å². The Bertz CT molecular complexity index is 568. The Morgan fingerprint density at radius 3 is 3.06 bits per heavy atom. The number of carbonyl (C=O) groups excluding carboxylic acids is 1. The van der Waals surface area contributed by atoms with Crippen LogP contribution in [0.4, 0.5) is 0 Å². The Morgan fingerprint density at radius 2 is 2.28 bits per heavy atom. The molecule has 4 nitrogen and oxygen atoms in total. The molecule has 0 radical (unpaired) electrons. The van der Waals surface area contributed by atoms with E-state index < -0.39 is 6.10 Å². The van der Waals surface area contributed by atoms with Crippen LogP contribution >= 0.6 is 11.3 Å². The lowest BCUT2D eigenvalue weighted by atomic mass is 10.1. The molecule has 3 rings (SSSR count). The fraction of sp³-hybridized carbons (Fsp3) is 0.231. The zero-order chi connectivity index (χ0) is 12.5. The van der Waals surface area contributed by atoms with Crippen LogP contribution < -0.4 is 5.32 Å². The van der Waals surface area contributed by atoms with Gasteiger partial charge in [0, 0.05) is 6.42 Å². The van der Waals surface area contributed by atoms with Crippen molar-refractivity contribution < 1.29 is 9.90 Å². The van der Waals surface area contributed by atoms with Gasteiger partial charge >= 0.3 is 0 Å². The molecule has 5 heteroatoms. The Hall–Kier alpha value is -1.72. The van der Waals surface area contributed by atoms with Gasteiger partial charge in [0.25, 0.3) is 5.91 Å². The molecule has 1 aliphatic carbocycles. The van der Waals surface area contributed by atoms with Crippen LogP contribution in [0.15, 0.2) is 36.0 Å². The fourth-order valence-corrected chi connectivity index (χ4v) is 2.81. The number of carbonyl (C=O) groups is 1. The number of amides is 1. The molecule has 0 bridgehead atoms. The predicted molar refractivity (Wildman–Crippen MR) is 68.5 cm³/mol. The summed E-state index contributed by atoms with van der Waals surface area (Å²) in [5.41, 5.74) is 3.72. The number of nitrogens with zero attached hydrogens (tertiary/aromatic N) is 1. The maximum Gasteiger partial charge on any atom is 0.263 e. The van der Waals surface area contributed by atoms with E-state index in [0.29, 0.717) is 11.3 Å². The number of thiazole rings is 1. The lowest BCUT2D eigenvalue weighted by Gasteiger charge is -2.17. The highest BCUT2D eigenvalue weighted by Gasteiger charge is 2.32. The first kappa shape index (κ1) is 11.4. The largest absolute Gasteiger partial charge is 0.390 e. The Labute approximate surface area is 108 Å². The maximum atomic E-state index is 12.0. The number of aliphatic hydroxyl groups excluding tert-OH is 1. The van der Waals surface area contributed by atoms with Gasteiger partial charge in [0.1, 0.15) is 4.88 Å². The normalized spacial score (nSPS) is 21.6. The molecule has 18 heavy (non-hydrogen) atoms. The Kier molecular flexibility index (Phi) is 2.85. The van der Waals surface area contributed by atoms with E-state index >= 15 is 0 Å². The van der Waals surface area contributed by atoms with Crippen molar-refractivity contribution in [2.24, 2.45) is 0 Å². The van der Waals surface area contributed by atoms with E-state index in [1.54, 1.807) is 5.51 Å². The number of fused-ring (bicyclic) bond motifs is 1. The Morgan fingerprint density at radius 1 is 1.44 bits per heavy atom. The van der Waals surface area contributed by atoms with Crippen LogP contribution in [0.1, 0.15) is 26.8 Å². The molecule has 0 saturated carbocycles. The summed E-state index contributed by atoms with van der Waals surface area (Å²) in [7, 11) is 0. The van der Waals surface area contributed by atoms with Crippen LogP contribution in [-0.4, -0.2) is 22.1 Å². The van der Waals surface area contributed by atoms with Gasteiger partial charge in [0.05, 0.1) is 23.9 Å². The van der Waals surface area contributed by atoms with Crippen molar-refractivity contribution in [1.82, 2.24) is 10.3 Å². The molecule has 1 heterocycles. The van der Waals surface area contributed by atoms with Crippen molar-refractivity contribution in [2.75, 3.05) is 0 Å². The molecule has 1 aromatic heterocycles. The first-order chi connectivity index (χ1) is 8.75. The molecule has 1 aliphatic rings. The second kappa shape index (κ2) is 4.51. The zero-order valence-electron chi connectivity index (χ0n) is 9.54. The third-order valence-corrected chi connectivity index (χ3v) is 3.92. The summed E-state index contributed by atoms with van der Waals surface area (Å²) >= 11 is 1.29. The first-order valence-corrected chi connectivity index (χ1v) is 6.59. The quantitative estimate of drug-likeness (QED) is 0.860. The number of benzene rings is 1. The van der Waals surface area contributed by atoms with E-state index in [1.165, 1.54) is 17.5 Å². The molecule has 2 N–H and O–H groups in total. The van der Waals surface area contributed by atoms with Gasteiger partial charge in [-0.05, 0) is 11.1 Å². The molecular weight excluding hydrogens is 248 g/mol. The van der Waals surface area contributed by atoms with E-state index in [2.05, 4.69) is 10.3 Å². The zero-order valence-corrected chi connectivity index (χ0v) is 10.4. The predicted octanol–water partition coefficient (Wildman–Crippen LogP) is 1.53. The minimum absolute atomic E-state index is 0.182. The van der Waals surface area contributed by atoms with E-state index in [4.69, 9.17) is 0 Å². The number of rotatable bonds is 2.